The molecule has 0 heterocycles. The van der Waals surface area contributed by atoms with Crippen molar-refractivity contribution in [2.24, 2.45) is 0 Å². The number of phenolic OH excluding ortho intramolecular Hbond substituents is 1. The molecule has 1 amide bonds. The first kappa shape index (κ1) is 14.8. The molecular formula is C15H21FN2O2. The van der Waals surface area contributed by atoms with Crippen molar-refractivity contribution < 1.29 is 14.3 Å². The Hall–Kier alpha value is -1.62. The van der Waals surface area contributed by atoms with Crippen LogP contribution in [0.4, 0.5) is 4.39 Å². The maximum Gasteiger partial charge on any atom is 0.256 e. The number of benzene rings is 1. The van der Waals surface area contributed by atoms with Gasteiger partial charge in [0.2, 0.25) is 0 Å². The third-order valence-corrected chi connectivity index (χ3v) is 4.29. The summed E-state index contributed by atoms with van der Waals surface area (Å²) < 4.78 is 13.7. The van der Waals surface area contributed by atoms with Gasteiger partial charge in [-0.2, -0.15) is 0 Å². The molecule has 1 fully saturated rings. The molecule has 0 bridgehead atoms. The molecule has 0 unspecified atom stereocenters. The molecule has 0 aromatic heterocycles. The van der Waals surface area contributed by atoms with E-state index in [1.165, 1.54) is 12.1 Å². The van der Waals surface area contributed by atoms with Crippen LogP contribution in [-0.4, -0.2) is 54.0 Å². The monoisotopic (exact) mass is 280 g/mol. The van der Waals surface area contributed by atoms with Gasteiger partial charge in [0, 0.05) is 25.2 Å². The molecule has 4 nitrogen and oxygen atoms in total. The first-order chi connectivity index (χ1) is 9.35. The number of carbonyl (C=O) groups is 1. The second kappa shape index (κ2) is 5.40. The van der Waals surface area contributed by atoms with Crippen LogP contribution in [-0.2, 0) is 0 Å². The topological polar surface area (TPSA) is 43.8 Å². The SMILES string of the molecule is CN(CC1(N(C)C)CCC1)C(=O)c1ccc(O)cc1F. The summed E-state index contributed by atoms with van der Waals surface area (Å²) in [5.41, 5.74) is 0.0104. The number of hydrogen-bond donors (Lipinski definition) is 1. The van der Waals surface area contributed by atoms with Crippen molar-refractivity contribution in [3.05, 3.63) is 29.6 Å². The molecule has 1 aromatic rings. The lowest BCUT2D eigenvalue weighted by molar-refractivity contribution is 0.0250. The minimum absolute atomic E-state index is 0.00136. The second-order valence-corrected chi connectivity index (χ2v) is 5.80. The fourth-order valence-electron chi connectivity index (χ4n) is 2.73. The highest BCUT2D eigenvalue weighted by Crippen LogP contribution is 2.36. The second-order valence-electron chi connectivity index (χ2n) is 5.80. The molecule has 5 heteroatoms. The maximum absolute atomic E-state index is 13.7. The average molecular weight is 280 g/mol. The van der Waals surface area contributed by atoms with Gasteiger partial charge in [-0.25, -0.2) is 4.39 Å². The van der Waals surface area contributed by atoms with Gasteiger partial charge in [0.25, 0.3) is 5.91 Å². The lowest BCUT2D eigenvalue weighted by Gasteiger charge is -2.49. The zero-order valence-corrected chi connectivity index (χ0v) is 12.2. The highest BCUT2D eigenvalue weighted by molar-refractivity contribution is 5.94. The lowest BCUT2D eigenvalue weighted by atomic mass is 9.75. The number of rotatable bonds is 4. The van der Waals surface area contributed by atoms with Crippen LogP contribution in [0.25, 0.3) is 0 Å². The molecule has 1 saturated carbocycles. The fraction of sp³-hybridized carbons (Fsp3) is 0.533. The van der Waals surface area contributed by atoms with Gasteiger partial charge < -0.3 is 14.9 Å². The van der Waals surface area contributed by atoms with E-state index in [-0.39, 0.29) is 22.8 Å². The van der Waals surface area contributed by atoms with E-state index in [2.05, 4.69) is 4.90 Å². The molecule has 0 spiro atoms. The van der Waals surface area contributed by atoms with E-state index in [0.717, 1.165) is 25.3 Å². The van der Waals surface area contributed by atoms with E-state index in [1.54, 1.807) is 11.9 Å². The molecular weight excluding hydrogens is 259 g/mol. The highest BCUT2D eigenvalue weighted by atomic mass is 19.1. The smallest absolute Gasteiger partial charge is 0.256 e. The van der Waals surface area contributed by atoms with Crippen molar-refractivity contribution in [1.29, 1.82) is 0 Å². The molecule has 1 aliphatic carbocycles. The van der Waals surface area contributed by atoms with Crippen LogP contribution < -0.4 is 0 Å². The third kappa shape index (κ3) is 2.63. The number of halogens is 1. The number of phenols is 1. The summed E-state index contributed by atoms with van der Waals surface area (Å²) in [6, 6.07) is 3.62. The molecule has 20 heavy (non-hydrogen) atoms. The number of carbonyl (C=O) groups excluding carboxylic acids is 1. The largest absolute Gasteiger partial charge is 0.508 e. The predicted molar refractivity (Wildman–Crippen MR) is 75.3 cm³/mol. The summed E-state index contributed by atoms with van der Waals surface area (Å²) >= 11 is 0. The Kier molecular flexibility index (Phi) is 3.99. The van der Waals surface area contributed by atoms with Crippen molar-refractivity contribution in [2.75, 3.05) is 27.7 Å². The van der Waals surface area contributed by atoms with E-state index in [4.69, 9.17) is 0 Å². The fourth-order valence-corrected chi connectivity index (χ4v) is 2.73. The van der Waals surface area contributed by atoms with Gasteiger partial charge in [-0.05, 0) is 45.5 Å². The van der Waals surface area contributed by atoms with E-state index in [1.807, 2.05) is 14.1 Å². The summed E-state index contributed by atoms with van der Waals surface area (Å²) in [5.74, 6) is -1.21. The van der Waals surface area contributed by atoms with E-state index in [0.29, 0.717) is 6.54 Å². The lowest BCUT2D eigenvalue weighted by Crippen LogP contribution is -2.57. The van der Waals surface area contributed by atoms with Gasteiger partial charge in [0.1, 0.15) is 11.6 Å². The molecule has 0 atom stereocenters. The zero-order valence-electron chi connectivity index (χ0n) is 12.2. The molecule has 0 aliphatic heterocycles. The normalized spacial score (nSPS) is 16.9. The van der Waals surface area contributed by atoms with Crippen LogP contribution >= 0.6 is 0 Å². The van der Waals surface area contributed by atoms with Gasteiger partial charge >= 0.3 is 0 Å². The Bertz CT molecular complexity index is 513. The number of nitrogens with zero attached hydrogens (tertiary/aromatic N) is 2. The summed E-state index contributed by atoms with van der Waals surface area (Å²) in [7, 11) is 5.72. The zero-order chi connectivity index (χ0) is 14.9. The number of aromatic hydroxyl groups is 1. The van der Waals surface area contributed by atoms with Gasteiger partial charge in [0.15, 0.2) is 0 Å². The van der Waals surface area contributed by atoms with Gasteiger partial charge in [-0.1, -0.05) is 0 Å². The Morgan fingerprint density at radius 3 is 2.45 bits per heavy atom. The van der Waals surface area contributed by atoms with Crippen molar-refractivity contribution in [3.8, 4) is 5.75 Å². The minimum atomic E-state index is -0.686. The van der Waals surface area contributed by atoms with Crippen LogP contribution in [0.2, 0.25) is 0 Å². The van der Waals surface area contributed by atoms with E-state index < -0.39 is 5.82 Å². The molecule has 2 rings (SSSR count). The van der Waals surface area contributed by atoms with E-state index >= 15 is 0 Å². The quantitative estimate of drug-likeness (QED) is 0.918. The first-order valence-corrected chi connectivity index (χ1v) is 6.77. The molecule has 110 valence electrons. The molecule has 0 saturated heterocycles. The van der Waals surface area contributed by atoms with Gasteiger partial charge in [-0.15, -0.1) is 0 Å². The van der Waals surface area contributed by atoms with Crippen LogP contribution in [0.1, 0.15) is 29.6 Å². The van der Waals surface area contributed by atoms with Crippen LogP contribution in [0.5, 0.6) is 5.75 Å². The Balaban J connectivity index is 2.12. The number of hydrogen-bond acceptors (Lipinski definition) is 3. The molecule has 1 aromatic carbocycles. The van der Waals surface area contributed by atoms with Crippen molar-refractivity contribution >= 4 is 5.91 Å². The molecule has 1 N–H and O–H groups in total. The summed E-state index contributed by atoms with van der Waals surface area (Å²) in [4.78, 5) is 16.0. The van der Waals surface area contributed by atoms with E-state index in [9.17, 15) is 14.3 Å². The molecule has 1 aliphatic rings. The van der Waals surface area contributed by atoms with Crippen LogP contribution in [0.3, 0.4) is 0 Å². The standard InChI is InChI=1S/C15H21FN2O2/c1-17(2)15(7-4-8-15)10-18(3)14(20)12-6-5-11(19)9-13(12)16/h5-6,9,19H,4,7-8,10H2,1-3H3. The minimum Gasteiger partial charge on any atom is -0.508 e. The predicted octanol–water partition coefficient (Wildman–Crippen LogP) is 2.09. The van der Waals surface area contributed by atoms with Crippen LogP contribution in [0.15, 0.2) is 18.2 Å². The third-order valence-electron chi connectivity index (χ3n) is 4.29. The van der Waals surface area contributed by atoms with Gasteiger partial charge in [-0.3, -0.25) is 4.79 Å². The Morgan fingerprint density at radius 1 is 1.35 bits per heavy atom. The Labute approximate surface area is 118 Å². The summed E-state index contributed by atoms with van der Waals surface area (Å²) in [6.07, 6.45) is 3.26. The summed E-state index contributed by atoms with van der Waals surface area (Å²) in [6.45, 7) is 0.582. The van der Waals surface area contributed by atoms with Crippen molar-refractivity contribution in [1.82, 2.24) is 9.80 Å². The highest BCUT2D eigenvalue weighted by Gasteiger charge is 2.40. The Morgan fingerprint density at radius 2 is 2.00 bits per heavy atom. The van der Waals surface area contributed by atoms with Gasteiger partial charge in [0.05, 0.1) is 5.56 Å². The average Bonchev–Trinajstić information content (AvgIpc) is 2.32. The maximum atomic E-state index is 13.7. The molecule has 0 radical (unpaired) electrons. The number of amides is 1. The van der Waals surface area contributed by atoms with Crippen LogP contribution in [0, 0.1) is 5.82 Å². The van der Waals surface area contributed by atoms with Crippen molar-refractivity contribution in [2.45, 2.75) is 24.8 Å². The summed E-state index contributed by atoms with van der Waals surface area (Å²) in [5, 5.41) is 9.19. The number of likely N-dealkylation sites (N-methyl/N-ethyl adjacent to an activating group) is 2. The van der Waals surface area contributed by atoms with Crippen molar-refractivity contribution in [3.63, 3.8) is 0 Å². The first-order valence-electron chi connectivity index (χ1n) is 6.77.